The zero-order valence-electron chi connectivity index (χ0n) is 20.9. The number of methoxy groups -OCH3 is 3. The molecule has 5 rings (SSSR count). The first kappa shape index (κ1) is 23.9. The van der Waals surface area contributed by atoms with Crippen molar-refractivity contribution >= 4 is 11.6 Å². The van der Waals surface area contributed by atoms with Crippen molar-refractivity contribution in [1.29, 1.82) is 0 Å². The van der Waals surface area contributed by atoms with E-state index in [1.165, 1.54) is 11.1 Å². The molecule has 0 saturated heterocycles. The summed E-state index contributed by atoms with van der Waals surface area (Å²) in [6.07, 6.45) is 1.48. The summed E-state index contributed by atoms with van der Waals surface area (Å²) in [7, 11) is 4.92. The Kier molecular flexibility index (Phi) is 6.91. The standard InChI is InChI=1S/C29H31N3O4/c1-34-22-12-13-28(36-3)24(16-22)26-17-25(23-10-6-7-11-27(23)35-2)30-32(26)29(33)19-31-15-14-20-8-4-5-9-21(20)18-31/h4-13,16,26H,14-15,17-19H2,1-3H3. The van der Waals surface area contributed by atoms with Crippen LogP contribution in [-0.4, -0.2) is 55.9 Å². The molecule has 186 valence electrons. The van der Waals surface area contributed by atoms with E-state index in [-0.39, 0.29) is 11.9 Å². The van der Waals surface area contributed by atoms with Crippen molar-refractivity contribution in [3.63, 3.8) is 0 Å². The van der Waals surface area contributed by atoms with E-state index in [0.29, 0.717) is 24.5 Å². The third kappa shape index (κ3) is 4.66. The van der Waals surface area contributed by atoms with Gasteiger partial charge in [-0.05, 0) is 47.9 Å². The fraction of sp³-hybridized carbons (Fsp3) is 0.310. The molecule has 0 bridgehead atoms. The summed E-state index contributed by atoms with van der Waals surface area (Å²) in [6.45, 7) is 1.89. The van der Waals surface area contributed by atoms with Gasteiger partial charge in [0.05, 0.1) is 39.6 Å². The lowest BCUT2D eigenvalue weighted by atomic mass is 9.96. The molecule has 0 aromatic heterocycles. The molecule has 2 aliphatic heterocycles. The number of amides is 1. The van der Waals surface area contributed by atoms with Crippen molar-refractivity contribution in [3.8, 4) is 17.2 Å². The van der Waals surface area contributed by atoms with Gasteiger partial charge >= 0.3 is 0 Å². The molecule has 0 N–H and O–H groups in total. The SMILES string of the molecule is COc1ccc(OC)c(C2CC(c3ccccc3OC)=NN2C(=O)CN2CCc3ccccc3C2)c1. The van der Waals surface area contributed by atoms with E-state index in [2.05, 4.69) is 29.2 Å². The number of fused-ring (bicyclic) bond motifs is 1. The number of hydrogen-bond donors (Lipinski definition) is 0. The van der Waals surface area contributed by atoms with Gasteiger partial charge in [0.2, 0.25) is 0 Å². The Morgan fingerprint density at radius 1 is 0.917 bits per heavy atom. The Hall–Kier alpha value is -3.84. The van der Waals surface area contributed by atoms with Gasteiger partial charge in [0.15, 0.2) is 0 Å². The summed E-state index contributed by atoms with van der Waals surface area (Å²) >= 11 is 0. The van der Waals surface area contributed by atoms with E-state index in [9.17, 15) is 4.79 Å². The number of benzene rings is 3. The van der Waals surface area contributed by atoms with Gasteiger partial charge in [-0.2, -0.15) is 5.10 Å². The van der Waals surface area contributed by atoms with Crippen LogP contribution in [0.4, 0.5) is 0 Å². The van der Waals surface area contributed by atoms with Crippen molar-refractivity contribution in [2.24, 2.45) is 5.10 Å². The highest BCUT2D eigenvalue weighted by atomic mass is 16.5. The predicted octanol–water partition coefficient (Wildman–Crippen LogP) is 4.45. The maximum Gasteiger partial charge on any atom is 0.257 e. The number of hydrazone groups is 1. The molecular formula is C29H31N3O4. The van der Waals surface area contributed by atoms with Crippen LogP contribution >= 0.6 is 0 Å². The van der Waals surface area contributed by atoms with Gasteiger partial charge in [-0.3, -0.25) is 9.69 Å². The Morgan fingerprint density at radius 3 is 2.44 bits per heavy atom. The highest BCUT2D eigenvalue weighted by Gasteiger charge is 2.36. The van der Waals surface area contributed by atoms with Crippen LogP contribution in [0.1, 0.15) is 34.7 Å². The van der Waals surface area contributed by atoms with E-state index in [1.54, 1.807) is 26.3 Å². The molecule has 1 amide bonds. The fourth-order valence-corrected chi connectivity index (χ4v) is 5.08. The van der Waals surface area contributed by atoms with Crippen molar-refractivity contribution in [3.05, 3.63) is 89.0 Å². The lowest BCUT2D eigenvalue weighted by Crippen LogP contribution is -2.40. The van der Waals surface area contributed by atoms with E-state index >= 15 is 0 Å². The largest absolute Gasteiger partial charge is 0.497 e. The van der Waals surface area contributed by atoms with Crippen molar-refractivity contribution < 1.29 is 19.0 Å². The molecule has 1 atom stereocenters. The van der Waals surface area contributed by atoms with Crippen LogP contribution in [0.5, 0.6) is 17.2 Å². The average Bonchev–Trinajstić information content (AvgIpc) is 3.38. The van der Waals surface area contributed by atoms with Gasteiger partial charge in [0.25, 0.3) is 5.91 Å². The smallest absolute Gasteiger partial charge is 0.257 e. The predicted molar refractivity (Wildman–Crippen MR) is 139 cm³/mol. The maximum atomic E-state index is 13.8. The van der Waals surface area contributed by atoms with Gasteiger partial charge in [-0.1, -0.05) is 36.4 Å². The van der Waals surface area contributed by atoms with E-state index < -0.39 is 0 Å². The van der Waals surface area contributed by atoms with Crippen LogP contribution in [0, 0.1) is 0 Å². The number of carbonyl (C=O) groups is 1. The molecule has 2 heterocycles. The molecule has 1 unspecified atom stereocenters. The Bertz CT molecular complexity index is 1290. The number of hydrogen-bond acceptors (Lipinski definition) is 6. The molecule has 0 spiro atoms. The zero-order valence-corrected chi connectivity index (χ0v) is 20.9. The summed E-state index contributed by atoms with van der Waals surface area (Å²) in [5.41, 5.74) is 5.19. The van der Waals surface area contributed by atoms with Crippen LogP contribution in [0.2, 0.25) is 0 Å². The van der Waals surface area contributed by atoms with Crippen LogP contribution in [0.25, 0.3) is 0 Å². The number of para-hydroxylation sites is 1. The number of carbonyl (C=O) groups excluding carboxylic acids is 1. The first-order chi connectivity index (χ1) is 17.6. The molecule has 7 heteroatoms. The van der Waals surface area contributed by atoms with Gasteiger partial charge in [-0.15, -0.1) is 0 Å². The zero-order chi connectivity index (χ0) is 25.1. The van der Waals surface area contributed by atoms with Crippen LogP contribution < -0.4 is 14.2 Å². The molecule has 7 nitrogen and oxygen atoms in total. The summed E-state index contributed by atoms with van der Waals surface area (Å²) < 4.78 is 16.8. The third-order valence-electron chi connectivity index (χ3n) is 6.95. The lowest BCUT2D eigenvalue weighted by Gasteiger charge is -2.30. The van der Waals surface area contributed by atoms with Crippen LogP contribution in [0.15, 0.2) is 71.8 Å². The van der Waals surface area contributed by atoms with E-state index in [1.807, 2.05) is 42.5 Å². The Labute approximate surface area is 211 Å². The van der Waals surface area contributed by atoms with Gasteiger partial charge in [0, 0.05) is 30.6 Å². The first-order valence-electron chi connectivity index (χ1n) is 12.1. The van der Waals surface area contributed by atoms with Gasteiger partial charge in [-0.25, -0.2) is 5.01 Å². The normalized spacial score (nSPS) is 17.4. The molecular weight excluding hydrogens is 454 g/mol. The second kappa shape index (κ2) is 10.4. The lowest BCUT2D eigenvalue weighted by molar-refractivity contribution is -0.134. The molecule has 3 aromatic carbocycles. The maximum absolute atomic E-state index is 13.8. The Morgan fingerprint density at radius 2 is 1.67 bits per heavy atom. The second-order valence-corrected chi connectivity index (χ2v) is 9.04. The summed E-state index contributed by atoms with van der Waals surface area (Å²) in [5, 5.41) is 6.49. The summed E-state index contributed by atoms with van der Waals surface area (Å²) in [5.74, 6) is 2.09. The highest BCUT2D eigenvalue weighted by Crippen LogP contribution is 2.40. The van der Waals surface area contributed by atoms with Crippen molar-refractivity contribution in [2.45, 2.75) is 25.4 Å². The highest BCUT2D eigenvalue weighted by molar-refractivity contribution is 6.05. The van der Waals surface area contributed by atoms with Crippen molar-refractivity contribution in [1.82, 2.24) is 9.91 Å². The first-order valence-corrected chi connectivity index (χ1v) is 12.1. The average molecular weight is 486 g/mol. The summed E-state index contributed by atoms with van der Waals surface area (Å²) in [6, 6.07) is 21.6. The fourth-order valence-electron chi connectivity index (χ4n) is 5.08. The minimum absolute atomic E-state index is 0.0471. The van der Waals surface area contributed by atoms with Gasteiger partial charge < -0.3 is 14.2 Å². The quantitative estimate of drug-likeness (QED) is 0.495. The number of ether oxygens (including phenoxy) is 3. The molecule has 36 heavy (non-hydrogen) atoms. The molecule has 0 radical (unpaired) electrons. The topological polar surface area (TPSA) is 63.6 Å². The van der Waals surface area contributed by atoms with Crippen LogP contribution in [-0.2, 0) is 17.8 Å². The van der Waals surface area contributed by atoms with Crippen LogP contribution in [0.3, 0.4) is 0 Å². The molecule has 0 saturated carbocycles. The minimum atomic E-state index is -0.320. The molecule has 2 aliphatic rings. The number of rotatable bonds is 7. The third-order valence-corrected chi connectivity index (χ3v) is 6.95. The van der Waals surface area contributed by atoms with E-state index in [0.717, 1.165) is 42.1 Å². The van der Waals surface area contributed by atoms with Crippen molar-refractivity contribution in [2.75, 3.05) is 34.4 Å². The minimum Gasteiger partial charge on any atom is -0.497 e. The second-order valence-electron chi connectivity index (χ2n) is 9.04. The summed E-state index contributed by atoms with van der Waals surface area (Å²) in [4.78, 5) is 16.0. The van der Waals surface area contributed by atoms with E-state index in [4.69, 9.17) is 19.3 Å². The molecule has 0 aliphatic carbocycles. The van der Waals surface area contributed by atoms with Gasteiger partial charge in [0.1, 0.15) is 17.2 Å². The molecule has 3 aromatic rings. The monoisotopic (exact) mass is 485 g/mol. The Balaban J connectivity index is 1.47. The number of nitrogens with zero attached hydrogens (tertiary/aromatic N) is 3. The molecule has 0 fully saturated rings.